The lowest BCUT2D eigenvalue weighted by molar-refractivity contribution is 0.535. The van der Waals surface area contributed by atoms with Crippen LogP contribution in [0.3, 0.4) is 0 Å². The fourth-order valence-electron chi connectivity index (χ4n) is 1.73. The predicted octanol–water partition coefficient (Wildman–Crippen LogP) is 2.19. The van der Waals surface area contributed by atoms with Gasteiger partial charge in [-0.05, 0) is 31.0 Å². The van der Waals surface area contributed by atoms with Crippen LogP contribution in [0.2, 0.25) is 5.02 Å². The first kappa shape index (κ1) is 13.0. The van der Waals surface area contributed by atoms with Crippen LogP contribution in [-0.4, -0.2) is 9.97 Å². The van der Waals surface area contributed by atoms with Crippen molar-refractivity contribution < 1.29 is 0 Å². The highest BCUT2D eigenvalue weighted by Gasteiger charge is 2.12. The number of nitrogens with zero attached hydrogens (tertiary/aromatic N) is 2. The van der Waals surface area contributed by atoms with Crippen molar-refractivity contribution in [3.05, 3.63) is 58.6 Å². The van der Waals surface area contributed by atoms with Crippen LogP contribution in [0.25, 0.3) is 0 Å². The molecule has 94 valence electrons. The maximum absolute atomic E-state index is 5.96. The first-order valence-electron chi connectivity index (χ1n) is 5.68. The number of nitrogens with one attached hydrogen (secondary N) is 1. The van der Waals surface area contributed by atoms with Crippen molar-refractivity contribution in [1.82, 2.24) is 15.4 Å². The Morgan fingerprint density at radius 3 is 2.78 bits per heavy atom. The molecule has 0 saturated carbocycles. The van der Waals surface area contributed by atoms with Gasteiger partial charge in [0.2, 0.25) is 0 Å². The minimum atomic E-state index is -0.0726. The van der Waals surface area contributed by atoms with Crippen molar-refractivity contribution in [2.45, 2.75) is 19.4 Å². The average Bonchev–Trinajstić information content (AvgIpc) is 2.37. The summed E-state index contributed by atoms with van der Waals surface area (Å²) in [6, 6.07) is 7.63. The van der Waals surface area contributed by atoms with Crippen molar-refractivity contribution in [2.24, 2.45) is 5.84 Å². The molecular weight excluding hydrogens is 248 g/mol. The summed E-state index contributed by atoms with van der Waals surface area (Å²) in [6.07, 6.45) is 4.19. The van der Waals surface area contributed by atoms with E-state index in [1.54, 1.807) is 12.4 Å². The first-order valence-corrected chi connectivity index (χ1v) is 6.06. The minimum absolute atomic E-state index is 0.0726. The molecule has 1 atom stereocenters. The number of benzene rings is 1. The van der Waals surface area contributed by atoms with Crippen LogP contribution in [0.15, 0.2) is 36.7 Å². The van der Waals surface area contributed by atoms with Crippen LogP contribution >= 0.6 is 11.6 Å². The summed E-state index contributed by atoms with van der Waals surface area (Å²) in [5.41, 5.74) is 5.57. The van der Waals surface area contributed by atoms with Crippen molar-refractivity contribution in [2.75, 3.05) is 0 Å². The van der Waals surface area contributed by atoms with Gasteiger partial charge in [0, 0.05) is 11.2 Å². The monoisotopic (exact) mass is 262 g/mol. The molecule has 1 aromatic heterocycles. The van der Waals surface area contributed by atoms with Crippen LogP contribution in [0.4, 0.5) is 0 Å². The number of aryl methyl sites for hydroxylation is 1. The summed E-state index contributed by atoms with van der Waals surface area (Å²) >= 11 is 5.96. The standard InChI is InChI=1S/C13H15ClN4/c1-9-7-17-13(8-16-9)12(18-15)6-10-3-2-4-11(14)5-10/h2-5,7-8,12,18H,6,15H2,1H3. The fraction of sp³-hybridized carbons (Fsp3) is 0.231. The minimum Gasteiger partial charge on any atom is -0.271 e. The third-order valence-corrected chi connectivity index (χ3v) is 2.92. The predicted molar refractivity (Wildman–Crippen MR) is 72.0 cm³/mol. The number of hydrogen-bond acceptors (Lipinski definition) is 4. The first-order chi connectivity index (χ1) is 8.69. The molecule has 5 heteroatoms. The lowest BCUT2D eigenvalue weighted by atomic mass is 10.0. The lowest BCUT2D eigenvalue weighted by Crippen LogP contribution is -2.30. The zero-order valence-corrected chi connectivity index (χ0v) is 10.9. The molecule has 0 spiro atoms. The van der Waals surface area contributed by atoms with Gasteiger partial charge < -0.3 is 0 Å². The van der Waals surface area contributed by atoms with Crippen molar-refractivity contribution in [3.63, 3.8) is 0 Å². The fourth-order valence-corrected chi connectivity index (χ4v) is 1.94. The maximum atomic E-state index is 5.96. The molecule has 1 aromatic carbocycles. The van der Waals surface area contributed by atoms with E-state index in [1.807, 2.05) is 31.2 Å². The van der Waals surface area contributed by atoms with E-state index in [4.69, 9.17) is 17.4 Å². The molecule has 0 radical (unpaired) electrons. The van der Waals surface area contributed by atoms with Crippen LogP contribution in [-0.2, 0) is 6.42 Å². The van der Waals surface area contributed by atoms with Crippen molar-refractivity contribution in [3.8, 4) is 0 Å². The Labute approximate surface area is 111 Å². The number of rotatable bonds is 4. The van der Waals surface area contributed by atoms with E-state index < -0.39 is 0 Å². The average molecular weight is 263 g/mol. The van der Waals surface area contributed by atoms with Gasteiger partial charge in [-0.15, -0.1) is 0 Å². The zero-order valence-electron chi connectivity index (χ0n) is 10.1. The SMILES string of the molecule is Cc1cnc(C(Cc2cccc(Cl)c2)NN)cn1. The Hall–Kier alpha value is -1.49. The molecule has 0 aliphatic heterocycles. The lowest BCUT2D eigenvalue weighted by Gasteiger charge is -2.15. The van der Waals surface area contributed by atoms with Gasteiger partial charge in [-0.1, -0.05) is 23.7 Å². The molecule has 0 bridgehead atoms. The largest absolute Gasteiger partial charge is 0.271 e. The van der Waals surface area contributed by atoms with E-state index in [0.717, 1.165) is 28.4 Å². The molecule has 4 nitrogen and oxygen atoms in total. The summed E-state index contributed by atoms with van der Waals surface area (Å²) in [4.78, 5) is 8.55. The molecule has 1 heterocycles. The van der Waals surface area contributed by atoms with Gasteiger partial charge in [0.25, 0.3) is 0 Å². The van der Waals surface area contributed by atoms with Gasteiger partial charge in [0.05, 0.1) is 23.6 Å². The van der Waals surface area contributed by atoms with E-state index in [-0.39, 0.29) is 6.04 Å². The van der Waals surface area contributed by atoms with E-state index >= 15 is 0 Å². The summed E-state index contributed by atoms with van der Waals surface area (Å²) in [7, 11) is 0. The van der Waals surface area contributed by atoms with E-state index in [1.165, 1.54) is 0 Å². The normalized spacial score (nSPS) is 12.4. The number of hydrogen-bond donors (Lipinski definition) is 2. The smallest absolute Gasteiger partial charge is 0.0773 e. The van der Waals surface area contributed by atoms with Crippen LogP contribution in [0.1, 0.15) is 23.0 Å². The zero-order chi connectivity index (χ0) is 13.0. The molecule has 0 aliphatic rings. The Bertz CT molecular complexity index is 513. The van der Waals surface area contributed by atoms with Gasteiger partial charge in [-0.2, -0.15) is 0 Å². The van der Waals surface area contributed by atoms with Gasteiger partial charge in [-0.25, -0.2) is 0 Å². The van der Waals surface area contributed by atoms with E-state index in [2.05, 4.69) is 15.4 Å². The van der Waals surface area contributed by atoms with Gasteiger partial charge >= 0.3 is 0 Å². The second-order valence-electron chi connectivity index (χ2n) is 4.14. The van der Waals surface area contributed by atoms with E-state index in [0.29, 0.717) is 0 Å². The highest BCUT2D eigenvalue weighted by Crippen LogP contribution is 2.18. The third kappa shape index (κ3) is 3.26. The van der Waals surface area contributed by atoms with Gasteiger partial charge in [0.1, 0.15) is 0 Å². The highest BCUT2D eigenvalue weighted by atomic mass is 35.5. The summed E-state index contributed by atoms with van der Waals surface area (Å²) in [6.45, 7) is 1.90. The Morgan fingerprint density at radius 2 is 2.17 bits per heavy atom. The Morgan fingerprint density at radius 1 is 1.33 bits per heavy atom. The number of aromatic nitrogens is 2. The number of nitrogens with two attached hydrogens (primary N) is 1. The topological polar surface area (TPSA) is 63.8 Å². The second-order valence-corrected chi connectivity index (χ2v) is 4.57. The quantitative estimate of drug-likeness (QED) is 0.655. The van der Waals surface area contributed by atoms with Crippen molar-refractivity contribution in [1.29, 1.82) is 0 Å². The molecule has 3 N–H and O–H groups in total. The molecule has 0 amide bonds. The third-order valence-electron chi connectivity index (χ3n) is 2.69. The molecule has 18 heavy (non-hydrogen) atoms. The number of halogens is 1. The maximum Gasteiger partial charge on any atom is 0.0773 e. The molecule has 0 aliphatic carbocycles. The van der Waals surface area contributed by atoms with E-state index in [9.17, 15) is 0 Å². The summed E-state index contributed by atoms with van der Waals surface area (Å²) in [5, 5.41) is 0.721. The number of hydrazine groups is 1. The summed E-state index contributed by atoms with van der Waals surface area (Å²) < 4.78 is 0. The van der Waals surface area contributed by atoms with Crippen LogP contribution < -0.4 is 11.3 Å². The molecular formula is C13H15ClN4. The second kappa shape index (κ2) is 5.91. The molecule has 2 aromatic rings. The molecule has 2 rings (SSSR count). The Balaban J connectivity index is 2.17. The van der Waals surface area contributed by atoms with Crippen molar-refractivity contribution >= 4 is 11.6 Å². The molecule has 0 saturated heterocycles. The van der Waals surface area contributed by atoms with Gasteiger partial charge in [0.15, 0.2) is 0 Å². The molecule has 1 unspecified atom stereocenters. The highest BCUT2D eigenvalue weighted by molar-refractivity contribution is 6.30. The summed E-state index contributed by atoms with van der Waals surface area (Å²) in [5.74, 6) is 5.58. The Kier molecular flexibility index (Phi) is 4.25. The van der Waals surface area contributed by atoms with Crippen LogP contribution in [0.5, 0.6) is 0 Å². The molecule has 0 fully saturated rings. The van der Waals surface area contributed by atoms with Gasteiger partial charge in [-0.3, -0.25) is 21.2 Å². The van der Waals surface area contributed by atoms with Crippen LogP contribution in [0, 0.1) is 6.92 Å².